The zero-order valence-corrected chi connectivity index (χ0v) is 30.0. The molecule has 0 bridgehead atoms. The third-order valence-corrected chi connectivity index (χ3v) is 12.7. The summed E-state index contributed by atoms with van der Waals surface area (Å²) >= 11 is 0. The van der Waals surface area contributed by atoms with Crippen molar-refractivity contribution in [1.29, 1.82) is 0 Å². The lowest BCUT2D eigenvalue weighted by molar-refractivity contribution is 0.390. The minimum Gasteiger partial charge on any atom is -0.300 e. The topological polar surface area (TPSA) is 77.7 Å². The summed E-state index contributed by atoms with van der Waals surface area (Å²) in [5, 5.41) is 3.45. The number of para-hydroxylation sites is 6. The molecule has 0 spiro atoms. The molecule has 0 N–H and O–H groups in total. The lowest BCUT2D eigenvalue weighted by atomic mass is 9.86. The van der Waals surface area contributed by atoms with Crippen LogP contribution in [0.25, 0.3) is 66.1 Å². The summed E-state index contributed by atoms with van der Waals surface area (Å²) < 4.78 is 8.81. The summed E-state index contributed by atoms with van der Waals surface area (Å²) in [7, 11) is 0. The van der Waals surface area contributed by atoms with Crippen LogP contribution in [0.15, 0.2) is 155 Å². The molecule has 2 aliphatic heterocycles. The van der Waals surface area contributed by atoms with Gasteiger partial charge in [0.05, 0.1) is 67.6 Å². The molecule has 0 fully saturated rings. The number of imidazole rings is 3. The highest BCUT2D eigenvalue weighted by atomic mass is 16.1. The molecule has 9 aromatic rings. The van der Waals surface area contributed by atoms with E-state index in [9.17, 15) is 0 Å². The number of fused-ring (bicyclic) bond motifs is 14. The van der Waals surface area contributed by atoms with E-state index in [-0.39, 0.29) is 17.6 Å². The van der Waals surface area contributed by atoms with Gasteiger partial charge in [0.15, 0.2) is 0 Å². The summed E-state index contributed by atoms with van der Waals surface area (Å²) in [4.78, 5) is 33.3. The SMILES string of the molecule is CC12C=CC=CC1n1c(nc3ccccc31)N2c1ccc2c3n(c(=O)c4ccc(-n5c6ccccc6n6c7ccccc7nc56)c1c42)C1(C)C=CC=CC1N=3. The molecule has 6 heterocycles. The molecule has 55 heavy (non-hydrogen) atoms. The lowest BCUT2D eigenvalue weighted by Gasteiger charge is -2.38. The fourth-order valence-corrected chi connectivity index (χ4v) is 10.2. The summed E-state index contributed by atoms with van der Waals surface area (Å²) in [6, 6.07) is 33.5. The van der Waals surface area contributed by atoms with Gasteiger partial charge in [0, 0.05) is 21.5 Å². The molecule has 4 aromatic heterocycles. The Morgan fingerprint density at radius 1 is 0.618 bits per heavy atom. The van der Waals surface area contributed by atoms with Gasteiger partial charge in [-0.3, -0.25) is 28.2 Å². The maximum absolute atomic E-state index is 15.0. The Kier molecular flexibility index (Phi) is 5.22. The van der Waals surface area contributed by atoms with E-state index in [0.717, 1.165) is 72.4 Å². The van der Waals surface area contributed by atoms with Crippen molar-refractivity contribution in [2.45, 2.75) is 37.0 Å². The Morgan fingerprint density at radius 3 is 2.13 bits per heavy atom. The highest BCUT2D eigenvalue weighted by Gasteiger charge is 2.50. The van der Waals surface area contributed by atoms with Crippen molar-refractivity contribution in [1.82, 2.24) is 28.1 Å². The minimum atomic E-state index is -0.596. The van der Waals surface area contributed by atoms with Gasteiger partial charge in [-0.1, -0.05) is 85.0 Å². The first-order valence-electron chi connectivity index (χ1n) is 18.8. The molecule has 262 valence electrons. The van der Waals surface area contributed by atoms with Crippen LogP contribution in [0.5, 0.6) is 0 Å². The summed E-state index contributed by atoms with van der Waals surface area (Å²) in [6.45, 7) is 4.40. The van der Waals surface area contributed by atoms with Gasteiger partial charge in [0.2, 0.25) is 11.7 Å². The van der Waals surface area contributed by atoms with Gasteiger partial charge < -0.3 is 4.57 Å². The molecule has 9 nitrogen and oxygen atoms in total. The number of aromatic nitrogens is 6. The zero-order chi connectivity index (χ0) is 36.4. The van der Waals surface area contributed by atoms with Gasteiger partial charge in [0.25, 0.3) is 5.56 Å². The van der Waals surface area contributed by atoms with Gasteiger partial charge in [-0.2, -0.15) is 0 Å². The molecule has 9 heteroatoms. The van der Waals surface area contributed by atoms with E-state index in [1.54, 1.807) is 0 Å². The summed E-state index contributed by atoms with van der Waals surface area (Å²) in [5.74, 6) is 1.67. The molecule has 5 aromatic carbocycles. The molecule has 2 aliphatic carbocycles. The van der Waals surface area contributed by atoms with Crippen molar-refractivity contribution in [2.24, 2.45) is 4.99 Å². The van der Waals surface area contributed by atoms with Crippen LogP contribution in [0.4, 0.5) is 11.6 Å². The fraction of sp³-hybridized carbons (Fsp3) is 0.130. The van der Waals surface area contributed by atoms with Gasteiger partial charge in [-0.15, -0.1) is 0 Å². The van der Waals surface area contributed by atoms with Crippen molar-refractivity contribution >= 4 is 72.1 Å². The van der Waals surface area contributed by atoms with Crippen molar-refractivity contribution in [3.8, 4) is 5.69 Å². The number of nitrogens with zero attached hydrogens (tertiary/aromatic N) is 8. The van der Waals surface area contributed by atoms with Crippen molar-refractivity contribution < 1.29 is 0 Å². The van der Waals surface area contributed by atoms with E-state index < -0.39 is 11.1 Å². The van der Waals surface area contributed by atoms with Crippen LogP contribution >= 0.6 is 0 Å². The molecule has 13 rings (SSSR count). The van der Waals surface area contributed by atoms with Crippen LogP contribution in [-0.4, -0.2) is 39.7 Å². The normalized spacial score (nSPS) is 23.5. The van der Waals surface area contributed by atoms with Crippen LogP contribution in [-0.2, 0) is 5.54 Å². The van der Waals surface area contributed by atoms with E-state index in [1.165, 1.54) is 0 Å². The Morgan fingerprint density at radius 2 is 1.29 bits per heavy atom. The predicted molar refractivity (Wildman–Crippen MR) is 219 cm³/mol. The Labute approximate surface area is 313 Å². The number of rotatable bonds is 2. The van der Waals surface area contributed by atoms with Gasteiger partial charge in [-0.25, -0.2) is 9.97 Å². The number of benzene rings is 5. The minimum absolute atomic E-state index is 0.0103. The smallest absolute Gasteiger partial charge is 0.260 e. The van der Waals surface area contributed by atoms with E-state index in [1.807, 2.05) is 34.9 Å². The van der Waals surface area contributed by atoms with Gasteiger partial charge in [0.1, 0.15) is 5.49 Å². The van der Waals surface area contributed by atoms with Crippen molar-refractivity contribution in [2.75, 3.05) is 4.90 Å². The Balaban J connectivity index is 1.23. The van der Waals surface area contributed by atoms with Crippen molar-refractivity contribution in [3.63, 3.8) is 0 Å². The number of anilines is 2. The average molecular weight is 713 g/mol. The largest absolute Gasteiger partial charge is 0.300 e. The van der Waals surface area contributed by atoms with E-state index in [0.29, 0.717) is 10.9 Å². The van der Waals surface area contributed by atoms with Crippen LogP contribution < -0.4 is 15.9 Å². The number of hydrogen-bond acceptors (Lipinski definition) is 5. The second-order valence-corrected chi connectivity index (χ2v) is 15.6. The molecule has 4 unspecified atom stereocenters. The summed E-state index contributed by atoms with van der Waals surface area (Å²) in [6.07, 6.45) is 17.1. The van der Waals surface area contributed by atoms with Crippen molar-refractivity contribution in [3.05, 3.63) is 162 Å². The van der Waals surface area contributed by atoms with Gasteiger partial charge >= 0.3 is 0 Å². The second-order valence-electron chi connectivity index (χ2n) is 15.6. The molecule has 0 amide bonds. The van der Waals surface area contributed by atoms with Crippen LogP contribution in [0, 0.1) is 0 Å². The lowest BCUT2D eigenvalue weighted by Crippen LogP contribution is -2.46. The average Bonchev–Trinajstić information content (AvgIpc) is 3.98. The highest BCUT2D eigenvalue weighted by molar-refractivity contribution is 6.19. The molecule has 4 aliphatic rings. The van der Waals surface area contributed by atoms with Gasteiger partial charge in [-0.05, 0) is 74.5 Å². The number of pyridine rings is 1. The third kappa shape index (κ3) is 3.37. The highest BCUT2D eigenvalue weighted by Crippen LogP contribution is 2.54. The molecule has 4 atom stereocenters. The zero-order valence-electron chi connectivity index (χ0n) is 30.0. The molecule has 0 saturated carbocycles. The van der Waals surface area contributed by atoms with E-state index in [4.69, 9.17) is 15.0 Å². The van der Waals surface area contributed by atoms with E-state index >= 15 is 4.79 Å². The Hall–Kier alpha value is -7.00. The standard InChI is InChI=1S/C46H32N8O/c1-45-25-11-9-19-37(45)49-41-27-21-24-36(53-44-48-30-14-4-6-16-32(30)52(44)38-20-10-12-26-46(38,53)2)40-35(23-22-28(39(27)40)42(55)54(41)45)51-34-18-8-7-17-33(34)50-31-15-5-3-13-29(31)47-43(50)51/h3-26,37-38H,1-2H3. The molecule has 0 saturated heterocycles. The molecule has 0 radical (unpaired) electrons. The fourth-order valence-electron chi connectivity index (χ4n) is 10.2. The van der Waals surface area contributed by atoms with Crippen LogP contribution in [0.1, 0.15) is 19.9 Å². The maximum Gasteiger partial charge on any atom is 0.260 e. The van der Waals surface area contributed by atoms with E-state index in [2.05, 4.69) is 148 Å². The Bertz CT molecular complexity index is 3480. The predicted octanol–water partition coefficient (Wildman–Crippen LogP) is 8.39. The first kappa shape index (κ1) is 29.5. The third-order valence-electron chi connectivity index (χ3n) is 12.7. The number of hydrogen-bond donors (Lipinski definition) is 0. The molecular weight excluding hydrogens is 681 g/mol. The monoisotopic (exact) mass is 712 g/mol. The maximum atomic E-state index is 15.0. The second kappa shape index (κ2) is 9.75. The first-order chi connectivity index (χ1) is 27.0. The first-order valence-corrected chi connectivity index (χ1v) is 18.8. The summed E-state index contributed by atoms with van der Waals surface area (Å²) in [5.41, 5.74) is 7.55. The van der Waals surface area contributed by atoms with Crippen LogP contribution in [0.2, 0.25) is 0 Å². The molecular formula is C46H32N8O. The number of allylic oxidation sites excluding steroid dienone is 4. The quantitative estimate of drug-likeness (QED) is 0.181. The van der Waals surface area contributed by atoms with Crippen LogP contribution in [0.3, 0.4) is 0 Å².